The molecule has 2 fully saturated rings. The molecule has 4 rings (SSSR count). The number of carbonyl (C=O) groups excluding carboxylic acids is 2. The van der Waals surface area contributed by atoms with Crippen LogP contribution >= 0.6 is 11.6 Å². The highest BCUT2D eigenvalue weighted by atomic mass is 35.5. The first-order valence-electron chi connectivity index (χ1n) is 10.6. The maximum absolute atomic E-state index is 12.0. The van der Waals surface area contributed by atoms with Gasteiger partial charge in [0, 0.05) is 24.1 Å². The fourth-order valence-electron chi connectivity index (χ4n) is 6.87. The van der Waals surface area contributed by atoms with Crippen LogP contribution in [0.4, 0.5) is 0 Å². The number of halogens is 1. The van der Waals surface area contributed by atoms with Crippen LogP contribution in [0.25, 0.3) is 0 Å². The average molecular weight is 401 g/mol. The molecular formula is C24H29ClO3. The third-order valence-corrected chi connectivity index (χ3v) is 8.30. The van der Waals surface area contributed by atoms with Crippen LogP contribution in [0.1, 0.15) is 59.3 Å². The minimum atomic E-state index is -0.885. The Balaban J connectivity index is 1.76. The normalized spacial score (nSPS) is 43.8. The summed E-state index contributed by atoms with van der Waals surface area (Å²) < 4.78 is 5.94. The van der Waals surface area contributed by atoms with E-state index >= 15 is 0 Å². The zero-order valence-electron chi connectivity index (χ0n) is 17.0. The Bertz CT molecular complexity index is 815. The van der Waals surface area contributed by atoms with E-state index < -0.39 is 5.60 Å². The molecule has 7 atom stereocenters. The number of carbonyl (C=O) groups is 2. The summed E-state index contributed by atoms with van der Waals surface area (Å²) in [6.45, 7) is 5.44. The number of rotatable bonds is 2. The maximum Gasteiger partial charge on any atom is 0.304 e. The molecule has 4 aliphatic carbocycles. The van der Waals surface area contributed by atoms with Crippen LogP contribution in [0.2, 0.25) is 0 Å². The van der Waals surface area contributed by atoms with Crippen molar-refractivity contribution in [2.24, 2.45) is 29.1 Å². The Kier molecular flexibility index (Phi) is 4.99. The van der Waals surface area contributed by atoms with Gasteiger partial charge in [0.05, 0.1) is 0 Å². The SMILES string of the molecule is CC#C[C@]1(OC(C)=O)C=C[C@H]2[C@@H]3CCC4=CC(=O)CC[C@@H]4[C@H]3[C@@H](Cl)C[C@@]21CC. The Morgan fingerprint density at radius 2 is 2.14 bits per heavy atom. The van der Waals surface area contributed by atoms with Gasteiger partial charge in [-0.2, -0.15) is 0 Å². The molecule has 28 heavy (non-hydrogen) atoms. The van der Waals surface area contributed by atoms with Gasteiger partial charge in [-0.25, -0.2) is 0 Å². The Labute approximate surface area is 172 Å². The summed E-state index contributed by atoms with van der Waals surface area (Å²) in [7, 11) is 0. The third kappa shape index (κ3) is 2.71. The molecule has 0 aliphatic heterocycles. The molecule has 0 amide bonds. The first-order chi connectivity index (χ1) is 13.4. The molecule has 0 unspecified atom stereocenters. The Hall–Kier alpha value is -1.53. The molecule has 0 heterocycles. The zero-order valence-corrected chi connectivity index (χ0v) is 17.7. The van der Waals surface area contributed by atoms with E-state index in [4.69, 9.17) is 16.3 Å². The van der Waals surface area contributed by atoms with Crippen LogP contribution < -0.4 is 0 Å². The van der Waals surface area contributed by atoms with Crippen molar-refractivity contribution in [3.63, 3.8) is 0 Å². The van der Waals surface area contributed by atoms with Gasteiger partial charge < -0.3 is 4.74 Å². The second-order valence-corrected chi connectivity index (χ2v) is 9.49. The van der Waals surface area contributed by atoms with Crippen LogP contribution in [0.15, 0.2) is 23.8 Å². The van der Waals surface area contributed by atoms with Crippen molar-refractivity contribution in [2.75, 3.05) is 0 Å². The smallest absolute Gasteiger partial charge is 0.304 e. The highest BCUT2D eigenvalue weighted by Crippen LogP contribution is 2.65. The summed E-state index contributed by atoms with van der Waals surface area (Å²) in [6, 6.07) is 0. The highest BCUT2D eigenvalue weighted by molar-refractivity contribution is 6.21. The average Bonchev–Trinajstić information content (AvgIpc) is 2.95. The van der Waals surface area contributed by atoms with E-state index in [0.29, 0.717) is 30.1 Å². The number of fused-ring (bicyclic) bond motifs is 5. The topological polar surface area (TPSA) is 43.4 Å². The summed E-state index contributed by atoms with van der Waals surface area (Å²) in [5.41, 5.74) is 0.152. The second-order valence-electron chi connectivity index (χ2n) is 8.93. The van der Waals surface area contributed by atoms with Gasteiger partial charge in [-0.3, -0.25) is 9.59 Å². The fraction of sp³-hybridized carbons (Fsp3) is 0.667. The van der Waals surface area contributed by atoms with Crippen molar-refractivity contribution in [1.29, 1.82) is 0 Å². The second kappa shape index (κ2) is 7.06. The molecule has 0 bridgehead atoms. The van der Waals surface area contributed by atoms with Crippen LogP contribution in [-0.2, 0) is 14.3 Å². The molecule has 0 saturated heterocycles. The van der Waals surface area contributed by atoms with Gasteiger partial charge in [-0.05, 0) is 74.9 Å². The van der Waals surface area contributed by atoms with Crippen molar-refractivity contribution >= 4 is 23.4 Å². The van der Waals surface area contributed by atoms with E-state index in [2.05, 4.69) is 24.8 Å². The minimum absolute atomic E-state index is 0.00316. The molecule has 150 valence electrons. The van der Waals surface area contributed by atoms with Crippen LogP contribution in [0.3, 0.4) is 0 Å². The molecule has 0 aromatic carbocycles. The molecular weight excluding hydrogens is 372 g/mol. The number of ketones is 1. The van der Waals surface area contributed by atoms with Gasteiger partial charge in [-0.15, -0.1) is 17.5 Å². The molecule has 0 N–H and O–H groups in total. The van der Waals surface area contributed by atoms with Crippen LogP contribution in [0, 0.1) is 40.9 Å². The van der Waals surface area contributed by atoms with Gasteiger partial charge in [0.15, 0.2) is 11.4 Å². The number of hydrogen-bond donors (Lipinski definition) is 0. The zero-order chi connectivity index (χ0) is 20.1. The lowest BCUT2D eigenvalue weighted by molar-refractivity contribution is -0.165. The standard InChI is InChI=1S/C24H29ClO3/c1-4-11-24(28-15(3)26)12-10-20-19-8-6-16-13-17(27)7-9-18(16)22(19)21(25)14-23(20,24)5-2/h10,12-13,18-22H,5-9,14H2,1-3H3/t18-,19-,20-,21-,22+,23-,24-/m0/s1. The first-order valence-corrected chi connectivity index (χ1v) is 11.0. The summed E-state index contributed by atoms with van der Waals surface area (Å²) in [5.74, 6) is 7.80. The van der Waals surface area contributed by atoms with E-state index in [-0.39, 0.29) is 22.5 Å². The van der Waals surface area contributed by atoms with Gasteiger partial charge in [0.2, 0.25) is 0 Å². The van der Waals surface area contributed by atoms with Gasteiger partial charge >= 0.3 is 5.97 Å². The third-order valence-electron chi connectivity index (χ3n) is 7.85. The van der Waals surface area contributed by atoms with E-state index in [1.807, 2.05) is 12.2 Å². The van der Waals surface area contributed by atoms with Crippen LogP contribution in [-0.4, -0.2) is 22.7 Å². The van der Waals surface area contributed by atoms with Gasteiger partial charge in [0.1, 0.15) is 0 Å². The number of esters is 1. The van der Waals surface area contributed by atoms with Crippen LogP contribution in [0.5, 0.6) is 0 Å². The van der Waals surface area contributed by atoms with E-state index in [9.17, 15) is 9.59 Å². The number of allylic oxidation sites excluding steroid dienone is 3. The van der Waals surface area contributed by atoms with Gasteiger partial charge in [0.25, 0.3) is 0 Å². The Morgan fingerprint density at radius 3 is 2.82 bits per heavy atom. The summed E-state index contributed by atoms with van der Waals surface area (Å²) in [5, 5.41) is -0.00316. The highest BCUT2D eigenvalue weighted by Gasteiger charge is 2.65. The lowest BCUT2D eigenvalue weighted by atomic mass is 9.49. The van der Waals surface area contributed by atoms with E-state index in [1.165, 1.54) is 12.5 Å². The van der Waals surface area contributed by atoms with Crippen molar-refractivity contribution in [2.45, 2.75) is 70.3 Å². The lowest BCUT2D eigenvalue weighted by Crippen LogP contribution is -2.58. The summed E-state index contributed by atoms with van der Waals surface area (Å²) in [4.78, 5) is 23.9. The van der Waals surface area contributed by atoms with Gasteiger partial charge in [-0.1, -0.05) is 24.5 Å². The summed E-state index contributed by atoms with van der Waals surface area (Å²) in [6.07, 6.45) is 11.4. The Morgan fingerprint density at radius 1 is 1.36 bits per heavy atom. The number of alkyl halides is 1. The van der Waals surface area contributed by atoms with E-state index in [0.717, 1.165) is 32.1 Å². The molecule has 0 spiro atoms. The molecule has 0 radical (unpaired) electrons. The molecule has 2 saturated carbocycles. The predicted molar refractivity (Wildman–Crippen MR) is 110 cm³/mol. The molecule has 3 nitrogen and oxygen atoms in total. The fourth-order valence-corrected chi connectivity index (χ4v) is 7.51. The minimum Gasteiger partial charge on any atom is -0.442 e. The van der Waals surface area contributed by atoms with Crippen molar-refractivity contribution in [3.05, 3.63) is 23.8 Å². The molecule has 0 aromatic rings. The largest absolute Gasteiger partial charge is 0.442 e. The van der Waals surface area contributed by atoms with Crippen molar-refractivity contribution in [3.8, 4) is 11.8 Å². The molecule has 0 aromatic heterocycles. The first kappa shape index (κ1) is 19.8. The summed E-state index contributed by atoms with van der Waals surface area (Å²) >= 11 is 7.12. The quantitative estimate of drug-likeness (QED) is 0.288. The number of hydrogen-bond acceptors (Lipinski definition) is 3. The maximum atomic E-state index is 12.0. The van der Waals surface area contributed by atoms with E-state index in [1.54, 1.807) is 6.92 Å². The predicted octanol–water partition coefficient (Wildman–Crippen LogP) is 4.84. The molecule has 4 aliphatic rings. The van der Waals surface area contributed by atoms with Crippen molar-refractivity contribution in [1.82, 2.24) is 0 Å². The van der Waals surface area contributed by atoms with Crippen molar-refractivity contribution < 1.29 is 14.3 Å². The number of ether oxygens (including phenoxy) is 1. The molecule has 4 heteroatoms. The monoisotopic (exact) mass is 400 g/mol. The lowest BCUT2D eigenvalue weighted by Gasteiger charge is -2.58.